The summed E-state index contributed by atoms with van der Waals surface area (Å²) in [6, 6.07) is 15.8. The Morgan fingerprint density at radius 1 is 1.19 bits per heavy atom. The predicted octanol–water partition coefficient (Wildman–Crippen LogP) is 4.80. The maximum Gasteiger partial charge on any atom is 0.162 e. The van der Waals surface area contributed by atoms with Crippen LogP contribution >= 0.6 is 11.3 Å². The molecule has 4 heterocycles. The second kappa shape index (κ2) is 7.08. The Bertz CT molecular complexity index is 1370. The first-order valence-corrected chi connectivity index (χ1v) is 11.3. The van der Waals surface area contributed by atoms with Gasteiger partial charge in [0.15, 0.2) is 11.6 Å². The number of hydrogen-bond acceptors (Lipinski definition) is 7. The number of anilines is 1. The van der Waals surface area contributed by atoms with Gasteiger partial charge in [-0.3, -0.25) is 9.69 Å². The van der Waals surface area contributed by atoms with Crippen molar-refractivity contribution in [1.29, 1.82) is 5.26 Å². The van der Waals surface area contributed by atoms with Crippen LogP contribution in [0.4, 0.5) is 5.69 Å². The number of nitriles is 1. The lowest BCUT2D eigenvalue weighted by atomic mass is 9.73. The van der Waals surface area contributed by atoms with Gasteiger partial charge in [0.2, 0.25) is 0 Å². The zero-order valence-electron chi connectivity index (χ0n) is 17.0. The summed E-state index contributed by atoms with van der Waals surface area (Å²) < 4.78 is 5.66. The molecule has 6 rings (SSSR count). The first-order valence-electron chi connectivity index (χ1n) is 10.4. The third-order valence-electron chi connectivity index (χ3n) is 6.37. The summed E-state index contributed by atoms with van der Waals surface area (Å²) in [5.41, 5.74) is 10.9. The summed E-state index contributed by atoms with van der Waals surface area (Å²) in [5, 5.41) is 14.2. The quantitative estimate of drug-likeness (QED) is 0.620. The number of para-hydroxylation sites is 1. The number of nitrogens with zero attached hydrogens (tertiary/aromatic N) is 3. The number of fused-ring (bicyclic) bond motifs is 4. The van der Waals surface area contributed by atoms with Gasteiger partial charge in [-0.05, 0) is 53.1 Å². The Morgan fingerprint density at radius 2 is 2.06 bits per heavy atom. The van der Waals surface area contributed by atoms with Crippen molar-refractivity contribution in [3.63, 3.8) is 0 Å². The van der Waals surface area contributed by atoms with Crippen molar-refractivity contribution >= 4 is 28.6 Å². The molecule has 3 aliphatic rings. The van der Waals surface area contributed by atoms with Crippen LogP contribution in [0.2, 0.25) is 0 Å². The van der Waals surface area contributed by atoms with E-state index in [0.717, 1.165) is 28.3 Å². The summed E-state index contributed by atoms with van der Waals surface area (Å²) in [4.78, 5) is 20.3. The van der Waals surface area contributed by atoms with Gasteiger partial charge in [0.05, 0.1) is 29.5 Å². The number of hydrogen-bond donors (Lipinski definition) is 1. The lowest BCUT2D eigenvalue weighted by molar-refractivity contribution is -0.116. The Balaban J connectivity index is 1.63. The number of nitrogens with two attached hydrogens (primary N) is 1. The fourth-order valence-electron chi connectivity index (χ4n) is 5.01. The average Bonchev–Trinajstić information content (AvgIpc) is 3.52. The molecule has 2 aliphatic heterocycles. The summed E-state index contributed by atoms with van der Waals surface area (Å²) in [5.74, 6) is 1.19. The minimum Gasteiger partial charge on any atom is -0.469 e. The number of allylic oxidation sites excluding steroid dienone is 3. The molecule has 0 saturated heterocycles. The molecular formula is C25H18N4O2S. The number of aliphatic imine (C=N–C) groups is 1. The summed E-state index contributed by atoms with van der Waals surface area (Å²) in [6.45, 7) is 0. The van der Waals surface area contributed by atoms with Crippen LogP contribution in [0.5, 0.6) is 0 Å². The third kappa shape index (κ3) is 2.63. The first-order chi connectivity index (χ1) is 15.7. The normalized spacial score (nSPS) is 22.2. The van der Waals surface area contributed by atoms with Crippen LogP contribution in [-0.2, 0) is 4.79 Å². The van der Waals surface area contributed by atoms with Crippen molar-refractivity contribution < 1.29 is 9.21 Å². The van der Waals surface area contributed by atoms with Crippen molar-refractivity contribution in [3.05, 3.63) is 99.0 Å². The molecule has 0 unspecified atom stereocenters. The van der Waals surface area contributed by atoms with Crippen LogP contribution < -0.4 is 10.6 Å². The molecule has 3 aromatic rings. The lowest BCUT2D eigenvalue weighted by Crippen LogP contribution is -2.40. The highest BCUT2D eigenvalue weighted by atomic mass is 32.1. The maximum atomic E-state index is 13.6. The van der Waals surface area contributed by atoms with Crippen molar-refractivity contribution in [2.24, 2.45) is 10.7 Å². The highest BCUT2D eigenvalue weighted by Gasteiger charge is 2.45. The van der Waals surface area contributed by atoms with E-state index in [2.05, 4.69) is 11.1 Å². The monoisotopic (exact) mass is 438 g/mol. The number of carbonyl (C=O) groups excluding carboxylic acids is 1. The minimum absolute atomic E-state index is 0.0376. The minimum atomic E-state index is -0.445. The molecule has 0 bridgehead atoms. The summed E-state index contributed by atoms with van der Waals surface area (Å²) >= 11 is 1.55. The number of ketones is 1. The Hall–Kier alpha value is -3.89. The number of thiophene rings is 1. The summed E-state index contributed by atoms with van der Waals surface area (Å²) in [6.07, 6.45) is 2.60. The molecule has 0 fully saturated rings. The Labute approximate surface area is 188 Å². The lowest BCUT2D eigenvalue weighted by Gasteiger charge is -2.42. The fourth-order valence-corrected chi connectivity index (χ4v) is 5.70. The van der Waals surface area contributed by atoms with E-state index < -0.39 is 5.92 Å². The van der Waals surface area contributed by atoms with Gasteiger partial charge in [-0.2, -0.15) is 16.6 Å². The van der Waals surface area contributed by atoms with Crippen LogP contribution in [0.25, 0.3) is 0 Å². The van der Waals surface area contributed by atoms with Gasteiger partial charge in [-0.1, -0.05) is 12.1 Å². The fraction of sp³-hybridized carbons (Fsp3) is 0.160. The van der Waals surface area contributed by atoms with Crippen LogP contribution in [0.15, 0.2) is 91.6 Å². The average molecular weight is 439 g/mol. The van der Waals surface area contributed by atoms with Crippen LogP contribution in [0.3, 0.4) is 0 Å². The van der Waals surface area contributed by atoms with Crippen LogP contribution in [0.1, 0.15) is 41.6 Å². The van der Waals surface area contributed by atoms with Gasteiger partial charge in [-0.15, -0.1) is 0 Å². The molecule has 1 aromatic carbocycles. The molecule has 156 valence electrons. The molecule has 32 heavy (non-hydrogen) atoms. The molecule has 2 aromatic heterocycles. The second-order valence-electron chi connectivity index (χ2n) is 8.09. The van der Waals surface area contributed by atoms with Crippen molar-refractivity contribution in [1.82, 2.24) is 0 Å². The number of carbonyl (C=O) groups is 1. The summed E-state index contributed by atoms with van der Waals surface area (Å²) in [7, 11) is 0. The van der Waals surface area contributed by atoms with Gasteiger partial charge in [0, 0.05) is 29.2 Å². The van der Waals surface area contributed by atoms with E-state index in [1.807, 2.05) is 58.1 Å². The van der Waals surface area contributed by atoms with Gasteiger partial charge in [0.25, 0.3) is 0 Å². The standard InChI is InChI=1S/C25H18N4O2S/c26-12-17-22(14-7-9-32-13-14)23-19(10-15(11-20(23)30)21-6-3-8-31-21)29-18-5-2-1-4-16(18)24(27)28-25(17)29/h1-9,13,15,22H,10-11H2,(H2,27,28)/t15-,22-/m0/s1. The van der Waals surface area contributed by atoms with E-state index in [0.29, 0.717) is 35.6 Å². The largest absolute Gasteiger partial charge is 0.469 e. The van der Waals surface area contributed by atoms with Crippen molar-refractivity contribution in [3.8, 4) is 6.07 Å². The smallest absolute Gasteiger partial charge is 0.162 e. The molecule has 7 heteroatoms. The van der Waals surface area contributed by atoms with Crippen LogP contribution in [0, 0.1) is 11.3 Å². The van der Waals surface area contributed by atoms with E-state index in [1.165, 1.54) is 0 Å². The first kappa shape index (κ1) is 18.8. The van der Waals surface area contributed by atoms with Gasteiger partial charge >= 0.3 is 0 Å². The van der Waals surface area contributed by atoms with Crippen molar-refractivity contribution in [2.45, 2.75) is 24.7 Å². The molecule has 0 saturated carbocycles. The molecular weight excluding hydrogens is 420 g/mol. The van der Waals surface area contributed by atoms with Gasteiger partial charge in [-0.25, -0.2) is 4.99 Å². The number of amidine groups is 1. The molecule has 0 radical (unpaired) electrons. The maximum absolute atomic E-state index is 13.6. The molecule has 0 amide bonds. The zero-order valence-corrected chi connectivity index (χ0v) is 17.8. The Kier molecular flexibility index (Phi) is 4.17. The van der Waals surface area contributed by atoms with E-state index in [1.54, 1.807) is 17.6 Å². The van der Waals surface area contributed by atoms with Crippen molar-refractivity contribution in [2.75, 3.05) is 4.90 Å². The molecule has 1 aliphatic carbocycles. The number of Topliss-reactive ketones (excluding diaryl/α,β-unsaturated/α-hetero) is 1. The molecule has 2 atom stereocenters. The second-order valence-corrected chi connectivity index (χ2v) is 8.87. The number of benzene rings is 1. The third-order valence-corrected chi connectivity index (χ3v) is 7.07. The number of rotatable bonds is 2. The molecule has 2 N–H and O–H groups in total. The van der Waals surface area contributed by atoms with Gasteiger partial charge < -0.3 is 10.2 Å². The topological polar surface area (TPSA) is 95.6 Å². The highest BCUT2D eigenvalue weighted by Crippen LogP contribution is 2.51. The van der Waals surface area contributed by atoms with E-state index >= 15 is 0 Å². The highest BCUT2D eigenvalue weighted by molar-refractivity contribution is 7.08. The molecule has 6 nitrogen and oxygen atoms in total. The zero-order chi connectivity index (χ0) is 21.8. The predicted molar refractivity (Wildman–Crippen MR) is 122 cm³/mol. The van der Waals surface area contributed by atoms with E-state index in [9.17, 15) is 10.1 Å². The van der Waals surface area contributed by atoms with Gasteiger partial charge in [0.1, 0.15) is 11.6 Å². The Morgan fingerprint density at radius 3 is 2.81 bits per heavy atom. The number of furan rings is 1. The molecule has 0 spiro atoms. The van der Waals surface area contributed by atoms with E-state index in [4.69, 9.17) is 10.2 Å². The SMILES string of the molecule is N#CC1=C2N=C(N)c3ccccc3N2C2=C(C(=O)C[C@@H](c3ccco3)C2)[C@H]1c1ccsc1. The van der Waals surface area contributed by atoms with Crippen LogP contribution in [-0.4, -0.2) is 11.6 Å². The van der Waals surface area contributed by atoms with E-state index in [-0.39, 0.29) is 11.7 Å².